The lowest BCUT2D eigenvalue weighted by atomic mass is 10.0. The molecule has 0 bridgehead atoms. The van der Waals surface area contributed by atoms with Gasteiger partial charge in [0.05, 0.1) is 10.5 Å². The van der Waals surface area contributed by atoms with Gasteiger partial charge in [-0.15, -0.1) is 0 Å². The molecule has 0 saturated heterocycles. The molecule has 0 spiro atoms. The molecule has 1 heterocycles. The number of nitrogens with zero attached hydrogens (tertiary/aromatic N) is 1. The molecule has 3 aromatic rings. The van der Waals surface area contributed by atoms with Crippen molar-refractivity contribution in [2.75, 3.05) is 0 Å². The molecule has 0 radical (unpaired) electrons. The van der Waals surface area contributed by atoms with E-state index in [2.05, 4.69) is 5.16 Å². The second-order valence-electron chi connectivity index (χ2n) is 4.67. The molecule has 5 nitrogen and oxygen atoms in total. The normalized spacial score (nSPS) is 14.1. The molecule has 6 heteroatoms. The minimum atomic E-state index is -3.84. The van der Waals surface area contributed by atoms with E-state index in [0.29, 0.717) is 22.4 Å². The summed E-state index contributed by atoms with van der Waals surface area (Å²) in [7, 11) is -3.84. The zero-order valence-electron chi connectivity index (χ0n) is 14.4. The highest BCUT2D eigenvalue weighted by atomic mass is 32.2. The Morgan fingerprint density at radius 2 is 1.73 bits per heavy atom. The van der Waals surface area contributed by atoms with Crippen molar-refractivity contribution in [1.82, 2.24) is 5.16 Å². The number of hydrogen-bond acceptors (Lipinski definition) is 4. The quantitative estimate of drug-likeness (QED) is 0.752. The van der Waals surface area contributed by atoms with Crippen LogP contribution in [0.25, 0.3) is 22.4 Å². The Morgan fingerprint density at radius 3 is 2.32 bits per heavy atom. The van der Waals surface area contributed by atoms with Crippen molar-refractivity contribution in [3.63, 3.8) is 0 Å². The van der Waals surface area contributed by atoms with Gasteiger partial charge in [-0.25, -0.2) is 13.6 Å². The average molecular weight is 318 g/mol. The Kier molecular flexibility index (Phi) is 2.74. The SMILES string of the molecule is [2H][13C]([2H])([2H])c1onc(-c2ccccc2)c1-c1ccc(S(N)(=O)=O)cc1. The van der Waals surface area contributed by atoms with Crippen LogP contribution in [0.3, 0.4) is 0 Å². The molecule has 0 unspecified atom stereocenters. The Hall–Kier alpha value is -2.44. The predicted octanol–water partition coefficient (Wildman–Crippen LogP) is 2.96. The molecular weight excluding hydrogens is 301 g/mol. The molecule has 112 valence electrons. The fourth-order valence-corrected chi connectivity index (χ4v) is 2.68. The van der Waals surface area contributed by atoms with Crippen molar-refractivity contribution in [3.8, 4) is 22.4 Å². The van der Waals surface area contributed by atoms with Crippen LogP contribution in [0.5, 0.6) is 0 Å². The number of hydrogen-bond donors (Lipinski definition) is 1. The Labute approximate surface area is 132 Å². The van der Waals surface area contributed by atoms with Crippen LogP contribution < -0.4 is 5.14 Å². The molecule has 0 aliphatic rings. The molecule has 0 aliphatic carbocycles. The highest BCUT2D eigenvalue weighted by molar-refractivity contribution is 7.89. The zero-order chi connectivity index (χ0) is 18.2. The van der Waals surface area contributed by atoms with Crippen molar-refractivity contribution >= 4 is 10.0 Å². The number of aryl methyl sites for hydroxylation is 1. The van der Waals surface area contributed by atoms with Gasteiger partial charge in [0.15, 0.2) is 0 Å². The molecular formula is C16H14N2O3S. The van der Waals surface area contributed by atoms with Crippen LogP contribution in [0, 0.1) is 6.85 Å². The van der Waals surface area contributed by atoms with Crippen LogP contribution in [0.4, 0.5) is 0 Å². The zero-order valence-corrected chi connectivity index (χ0v) is 12.2. The lowest BCUT2D eigenvalue weighted by Crippen LogP contribution is -2.11. The molecule has 0 amide bonds. The van der Waals surface area contributed by atoms with Crippen molar-refractivity contribution in [3.05, 3.63) is 60.4 Å². The summed E-state index contributed by atoms with van der Waals surface area (Å²) in [6, 6.07) is 14.6. The summed E-state index contributed by atoms with van der Waals surface area (Å²) in [6.07, 6.45) is 0. The summed E-state index contributed by atoms with van der Waals surface area (Å²) in [4.78, 5) is -0.0654. The van der Waals surface area contributed by atoms with Gasteiger partial charge in [0.2, 0.25) is 10.0 Å². The number of sulfonamides is 1. The van der Waals surface area contributed by atoms with E-state index < -0.39 is 16.9 Å². The van der Waals surface area contributed by atoms with Gasteiger partial charge in [-0.3, -0.25) is 0 Å². The second-order valence-corrected chi connectivity index (χ2v) is 6.23. The summed E-state index contributed by atoms with van der Waals surface area (Å²) in [5.74, 6) is -0.255. The molecule has 1 aromatic heterocycles. The first-order valence-corrected chi connectivity index (χ1v) is 7.91. The fourth-order valence-electron chi connectivity index (χ4n) is 2.16. The van der Waals surface area contributed by atoms with Gasteiger partial charge in [-0.05, 0) is 24.5 Å². The van der Waals surface area contributed by atoms with Crippen LogP contribution in [0.15, 0.2) is 64.0 Å². The highest BCUT2D eigenvalue weighted by Crippen LogP contribution is 2.34. The third kappa shape index (κ3) is 2.66. The topological polar surface area (TPSA) is 86.2 Å². The summed E-state index contributed by atoms with van der Waals surface area (Å²) >= 11 is 0. The molecule has 2 N–H and O–H groups in total. The third-order valence-electron chi connectivity index (χ3n) is 3.21. The third-order valence-corrected chi connectivity index (χ3v) is 4.14. The molecule has 0 fully saturated rings. The molecule has 0 saturated carbocycles. The monoisotopic (exact) mass is 318 g/mol. The lowest BCUT2D eigenvalue weighted by Gasteiger charge is -2.04. The fraction of sp³-hybridized carbons (Fsp3) is 0.0625. The number of nitrogens with two attached hydrogens (primary N) is 1. The van der Waals surface area contributed by atoms with E-state index >= 15 is 0 Å². The van der Waals surface area contributed by atoms with Crippen molar-refractivity contribution in [2.24, 2.45) is 5.14 Å². The Bertz CT molecular complexity index is 995. The summed E-state index contributed by atoms with van der Waals surface area (Å²) in [6.45, 7) is -2.51. The maximum Gasteiger partial charge on any atom is 0.238 e. The largest absolute Gasteiger partial charge is 0.360 e. The van der Waals surface area contributed by atoms with Crippen molar-refractivity contribution in [2.45, 2.75) is 11.7 Å². The van der Waals surface area contributed by atoms with Crippen LogP contribution in [0.2, 0.25) is 0 Å². The van der Waals surface area contributed by atoms with E-state index in [1.807, 2.05) is 6.07 Å². The smallest absolute Gasteiger partial charge is 0.238 e. The first kappa shape index (κ1) is 11.2. The molecule has 3 rings (SSSR count). The van der Waals surface area contributed by atoms with Gasteiger partial charge in [-0.1, -0.05) is 47.6 Å². The van der Waals surface area contributed by atoms with Gasteiger partial charge in [-0.2, -0.15) is 0 Å². The number of primary sulfonamides is 1. The number of benzene rings is 2. The minimum absolute atomic E-state index is 0.0654. The molecule has 0 aliphatic heterocycles. The van der Waals surface area contributed by atoms with Gasteiger partial charge < -0.3 is 4.52 Å². The Balaban J connectivity index is 2.21. The van der Waals surface area contributed by atoms with Crippen molar-refractivity contribution < 1.29 is 17.1 Å². The predicted molar refractivity (Wildman–Crippen MR) is 83.5 cm³/mol. The van der Waals surface area contributed by atoms with E-state index in [0.717, 1.165) is 0 Å². The maximum absolute atomic E-state index is 11.4. The van der Waals surface area contributed by atoms with Gasteiger partial charge in [0, 0.05) is 9.68 Å². The van der Waals surface area contributed by atoms with E-state index in [1.165, 1.54) is 24.3 Å². The van der Waals surface area contributed by atoms with E-state index in [-0.39, 0.29) is 10.7 Å². The van der Waals surface area contributed by atoms with Crippen LogP contribution >= 0.6 is 0 Å². The van der Waals surface area contributed by atoms with Gasteiger partial charge in [0.25, 0.3) is 0 Å². The van der Waals surface area contributed by atoms with Gasteiger partial charge >= 0.3 is 0 Å². The summed E-state index contributed by atoms with van der Waals surface area (Å²) in [5.41, 5.74) is 1.83. The van der Waals surface area contributed by atoms with Crippen molar-refractivity contribution in [1.29, 1.82) is 0 Å². The summed E-state index contributed by atoms with van der Waals surface area (Å²) < 4.78 is 50.9. The molecule has 2 aromatic carbocycles. The van der Waals surface area contributed by atoms with Crippen LogP contribution in [-0.2, 0) is 10.0 Å². The maximum atomic E-state index is 11.4. The Morgan fingerprint density at radius 1 is 1.05 bits per heavy atom. The van der Waals surface area contributed by atoms with Crippen LogP contribution in [-0.4, -0.2) is 13.6 Å². The van der Waals surface area contributed by atoms with Gasteiger partial charge in [0.1, 0.15) is 11.5 Å². The first-order chi connectivity index (χ1) is 11.7. The first-order valence-electron chi connectivity index (χ1n) is 7.87. The average Bonchev–Trinajstić information content (AvgIpc) is 3.00. The van der Waals surface area contributed by atoms with E-state index in [4.69, 9.17) is 13.8 Å². The highest BCUT2D eigenvalue weighted by Gasteiger charge is 2.17. The van der Waals surface area contributed by atoms with E-state index in [9.17, 15) is 8.42 Å². The number of aromatic nitrogens is 1. The number of rotatable bonds is 3. The lowest BCUT2D eigenvalue weighted by molar-refractivity contribution is 0.400. The molecule has 22 heavy (non-hydrogen) atoms. The van der Waals surface area contributed by atoms with Crippen LogP contribution in [0.1, 0.15) is 9.87 Å². The second kappa shape index (κ2) is 5.40. The molecule has 0 atom stereocenters. The summed E-state index contributed by atoms with van der Waals surface area (Å²) in [5, 5.41) is 9.02. The van der Waals surface area contributed by atoms with E-state index in [1.54, 1.807) is 24.3 Å². The standard InChI is InChI=1S/C16H14N2O3S/c1-11-15(12-7-9-14(10-8-12)22(17,19)20)16(18-21-11)13-5-3-2-4-6-13/h2-10H,1H3,(H2,17,19,20)/i1+1D3. The minimum Gasteiger partial charge on any atom is -0.360 e.